The van der Waals surface area contributed by atoms with E-state index < -0.39 is 0 Å². The van der Waals surface area contributed by atoms with Crippen molar-refractivity contribution in [3.05, 3.63) is 52.8 Å². The molecule has 0 aliphatic carbocycles. The first-order valence-corrected chi connectivity index (χ1v) is 9.64. The number of aryl methyl sites for hydroxylation is 1. The van der Waals surface area contributed by atoms with Crippen LogP contribution in [0.15, 0.2) is 30.6 Å². The van der Waals surface area contributed by atoms with Crippen LogP contribution in [-0.4, -0.2) is 50.7 Å². The Morgan fingerprint density at radius 1 is 1.15 bits per heavy atom. The third-order valence-corrected chi connectivity index (χ3v) is 5.38. The van der Waals surface area contributed by atoms with Crippen LogP contribution in [0.25, 0.3) is 5.65 Å². The number of rotatable bonds is 4. The second kappa shape index (κ2) is 7.78. The van der Waals surface area contributed by atoms with Crippen LogP contribution >= 0.6 is 11.6 Å². The van der Waals surface area contributed by atoms with Crippen LogP contribution in [0.1, 0.15) is 24.7 Å². The van der Waals surface area contributed by atoms with Crippen molar-refractivity contribution in [3.63, 3.8) is 0 Å². The molecule has 3 aromatic rings. The Hall–Kier alpha value is -2.25. The predicted molar refractivity (Wildman–Crippen MR) is 104 cm³/mol. The van der Waals surface area contributed by atoms with Gasteiger partial charge in [0.05, 0.1) is 0 Å². The van der Waals surface area contributed by atoms with Gasteiger partial charge in [-0.2, -0.15) is 0 Å². The maximum Gasteiger partial charge on any atom is 0.203 e. The highest BCUT2D eigenvalue weighted by Gasteiger charge is 2.21. The number of anilines is 1. The Kier molecular flexibility index (Phi) is 5.22. The van der Waals surface area contributed by atoms with Gasteiger partial charge in [0.25, 0.3) is 0 Å². The predicted octanol–water partition coefficient (Wildman–Crippen LogP) is 3.19. The molecule has 27 heavy (non-hydrogen) atoms. The summed E-state index contributed by atoms with van der Waals surface area (Å²) in [4.78, 5) is 9.04. The van der Waals surface area contributed by atoms with Crippen molar-refractivity contribution in [3.8, 4) is 0 Å². The highest BCUT2D eigenvalue weighted by molar-refractivity contribution is 6.31. The van der Waals surface area contributed by atoms with Gasteiger partial charge in [0, 0.05) is 62.1 Å². The van der Waals surface area contributed by atoms with E-state index in [1.807, 2.05) is 10.6 Å². The molecule has 0 spiro atoms. The van der Waals surface area contributed by atoms with Crippen LogP contribution < -0.4 is 4.90 Å². The van der Waals surface area contributed by atoms with Crippen LogP contribution in [0.4, 0.5) is 10.2 Å². The number of nitrogens with zero attached hydrogens (tertiary/aromatic N) is 6. The van der Waals surface area contributed by atoms with E-state index in [9.17, 15) is 4.39 Å². The summed E-state index contributed by atoms with van der Waals surface area (Å²) in [5.41, 5.74) is 1.36. The van der Waals surface area contributed by atoms with Gasteiger partial charge in [0.2, 0.25) is 5.65 Å². The number of aromatic nitrogens is 4. The quantitative estimate of drug-likeness (QED) is 0.687. The topological polar surface area (TPSA) is 49.6 Å². The van der Waals surface area contributed by atoms with Crippen molar-refractivity contribution in [2.45, 2.75) is 26.3 Å². The van der Waals surface area contributed by atoms with E-state index in [0.29, 0.717) is 17.1 Å². The third-order valence-electron chi connectivity index (χ3n) is 5.03. The molecule has 0 atom stereocenters. The number of benzene rings is 1. The molecule has 3 heterocycles. The van der Waals surface area contributed by atoms with Crippen molar-refractivity contribution >= 4 is 23.1 Å². The molecule has 0 radical (unpaired) electrons. The Balaban J connectivity index is 1.52. The average molecular weight is 389 g/mol. The molecule has 1 saturated heterocycles. The van der Waals surface area contributed by atoms with Gasteiger partial charge >= 0.3 is 0 Å². The van der Waals surface area contributed by atoms with Gasteiger partial charge in [-0.15, -0.1) is 10.2 Å². The Morgan fingerprint density at radius 2 is 2.04 bits per heavy atom. The first-order valence-electron chi connectivity index (χ1n) is 9.26. The molecule has 0 amide bonds. The van der Waals surface area contributed by atoms with Gasteiger partial charge in [-0.25, -0.2) is 9.37 Å². The molecule has 2 aromatic heterocycles. The fraction of sp³-hybridized carbons (Fsp3) is 0.421. The van der Waals surface area contributed by atoms with Crippen LogP contribution in [0, 0.1) is 5.82 Å². The molecule has 1 fully saturated rings. The van der Waals surface area contributed by atoms with Crippen molar-refractivity contribution < 1.29 is 4.39 Å². The average Bonchev–Trinajstić information content (AvgIpc) is 2.96. The van der Waals surface area contributed by atoms with Crippen LogP contribution in [-0.2, 0) is 13.0 Å². The van der Waals surface area contributed by atoms with Crippen molar-refractivity contribution in [1.29, 1.82) is 0 Å². The maximum atomic E-state index is 14.1. The molecule has 0 unspecified atom stereocenters. The fourth-order valence-electron chi connectivity index (χ4n) is 3.57. The standard InChI is InChI=1S/C19H22ClFN6/c1-2-17-23-24-19-18(22-7-10-27(17)19)26-9-4-8-25(11-12-26)13-14-15(20)5-3-6-16(14)21/h3,5-7,10H,2,4,8-9,11-13H2,1H3. The minimum atomic E-state index is -0.245. The van der Waals surface area contributed by atoms with Crippen molar-refractivity contribution in [2.24, 2.45) is 0 Å². The largest absolute Gasteiger partial charge is 0.352 e. The van der Waals surface area contributed by atoms with E-state index in [-0.39, 0.29) is 5.82 Å². The molecule has 4 rings (SSSR count). The minimum absolute atomic E-state index is 0.245. The van der Waals surface area contributed by atoms with E-state index in [1.165, 1.54) is 6.07 Å². The van der Waals surface area contributed by atoms with E-state index in [2.05, 4.69) is 31.9 Å². The van der Waals surface area contributed by atoms with Crippen molar-refractivity contribution in [1.82, 2.24) is 24.5 Å². The lowest BCUT2D eigenvalue weighted by Gasteiger charge is -2.23. The summed E-state index contributed by atoms with van der Waals surface area (Å²) in [7, 11) is 0. The lowest BCUT2D eigenvalue weighted by molar-refractivity contribution is 0.281. The highest BCUT2D eigenvalue weighted by atomic mass is 35.5. The molecule has 1 aromatic carbocycles. The molecular weight excluding hydrogens is 367 g/mol. The van der Waals surface area contributed by atoms with Gasteiger partial charge < -0.3 is 4.90 Å². The first kappa shape index (κ1) is 18.1. The zero-order valence-corrected chi connectivity index (χ0v) is 16.0. The zero-order valence-electron chi connectivity index (χ0n) is 15.3. The number of halogens is 2. The summed E-state index contributed by atoms with van der Waals surface area (Å²) in [6.07, 6.45) is 5.49. The van der Waals surface area contributed by atoms with Crippen LogP contribution in [0.3, 0.4) is 0 Å². The van der Waals surface area contributed by atoms with Crippen LogP contribution in [0.2, 0.25) is 5.02 Å². The first-order chi connectivity index (χ1) is 13.2. The smallest absolute Gasteiger partial charge is 0.203 e. The summed E-state index contributed by atoms with van der Waals surface area (Å²) in [6.45, 7) is 5.95. The number of hydrogen-bond acceptors (Lipinski definition) is 5. The van der Waals surface area contributed by atoms with Crippen LogP contribution in [0.5, 0.6) is 0 Å². The molecule has 1 aliphatic heterocycles. The lowest BCUT2D eigenvalue weighted by Crippen LogP contribution is -2.31. The normalized spacial score (nSPS) is 16.0. The molecule has 0 saturated carbocycles. The van der Waals surface area contributed by atoms with E-state index in [4.69, 9.17) is 11.6 Å². The van der Waals surface area contributed by atoms with Gasteiger partial charge in [-0.05, 0) is 18.6 Å². The summed E-state index contributed by atoms with van der Waals surface area (Å²) < 4.78 is 16.1. The third kappa shape index (κ3) is 3.61. The molecule has 8 heteroatoms. The molecule has 1 aliphatic rings. The van der Waals surface area contributed by atoms with E-state index in [1.54, 1.807) is 18.3 Å². The Labute approximate surface area is 162 Å². The fourth-order valence-corrected chi connectivity index (χ4v) is 3.80. The van der Waals surface area contributed by atoms with Gasteiger partial charge in [0.15, 0.2) is 5.82 Å². The molecular formula is C19H22ClFN6. The lowest BCUT2D eigenvalue weighted by atomic mass is 10.2. The number of fused-ring (bicyclic) bond motifs is 1. The summed E-state index contributed by atoms with van der Waals surface area (Å²) in [5.74, 6) is 1.54. The second-order valence-corrected chi connectivity index (χ2v) is 7.14. The zero-order chi connectivity index (χ0) is 18.8. The summed E-state index contributed by atoms with van der Waals surface area (Å²) in [6, 6.07) is 4.85. The van der Waals surface area contributed by atoms with E-state index >= 15 is 0 Å². The minimum Gasteiger partial charge on any atom is -0.352 e. The van der Waals surface area contributed by atoms with Gasteiger partial charge in [-0.1, -0.05) is 24.6 Å². The van der Waals surface area contributed by atoms with Gasteiger partial charge in [-0.3, -0.25) is 9.30 Å². The van der Waals surface area contributed by atoms with E-state index in [0.717, 1.165) is 56.3 Å². The number of hydrogen-bond donors (Lipinski definition) is 0. The summed E-state index contributed by atoms with van der Waals surface area (Å²) >= 11 is 6.19. The SMILES string of the molecule is CCc1nnc2c(N3CCCN(Cc4c(F)cccc4Cl)CC3)nccn12. The van der Waals surface area contributed by atoms with Crippen molar-refractivity contribution in [2.75, 3.05) is 31.1 Å². The molecule has 142 valence electrons. The molecule has 6 nitrogen and oxygen atoms in total. The monoisotopic (exact) mass is 388 g/mol. The molecule has 0 bridgehead atoms. The second-order valence-electron chi connectivity index (χ2n) is 6.73. The molecule has 0 N–H and O–H groups in total. The Morgan fingerprint density at radius 3 is 2.85 bits per heavy atom. The summed E-state index contributed by atoms with van der Waals surface area (Å²) in [5, 5.41) is 9.08. The highest BCUT2D eigenvalue weighted by Crippen LogP contribution is 2.23. The van der Waals surface area contributed by atoms with Gasteiger partial charge in [0.1, 0.15) is 11.6 Å². The Bertz CT molecular complexity index is 923. The maximum absolute atomic E-state index is 14.1.